The first-order valence-electron chi connectivity index (χ1n) is 9.96. The number of hydrogen-bond donors (Lipinski definition) is 1. The topological polar surface area (TPSA) is 75.7 Å². The quantitative estimate of drug-likeness (QED) is 0.741. The molecule has 3 rings (SSSR count). The molecule has 1 heterocycles. The van der Waals surface area contributed by atoms with Crippen molar-refractivity contribution < 1.29 is 23.5 Å². The molecule has 0 spiro atoms. The number of piperidine rings is 1. The summed E-state index contributed by atoms with van der Waals surface area (Å²) < 4.78 is 18.0. The normalized spacial score (nSPS) is 14.3. The van der Waals surface area contributed by atoms with Crippen LogP contribution in [0, 0.1) is 18.7 Å². The predicted octanol–water partition coefficient (Wildman–Crippen LogP) is 2.85. The van der Waals surface area contributed by atoms with Gasteiger partial charge in [0.1, 0.15) is 5.82 Å². The van der Waals surface area contributed by atoms with Crippen LogP contribution in [0.1, 0.15) is 34.3 Å². The molecule has 1 aliphatic rings. The van der Waals surface area contributed by atoms with Gasteiger partial charge in [-0.25, -0.2) is 4.39 Å². The molecule has 2 aromatic rings. The molecule has 30 heavy (non-hydrogen) atoms. The lowest BCUT2D eigenvalue weighted by Gasteiger charge is -2.31. The zero-order valence-corrected chi connectivity index (χ0v) is 16.9. The molecule has 1 N–H and O–H groups in total. The van der Waals surface area contributed by atoms with Gasteiger partial charge in [0, 0.05) is 25.2 Å². The average Bonchev–Trinajstić information content (AvgIpc) is 2.77. The largest absolute Gasteiger partial charge is 0.455 e. The second-order valence-electron chi connectivity index (χ2n) is 7.39. The SMILES string of the molecule is Cc1ccccc1C(=O)N1CCC(C(=O)OCC(=O)NCc2ccc(F)cc2)CC1. The van der Waals surface area contributed by atoms with Crippen molar-refractivity contribution in [1.29, 1.82) is 0 Å². The molecular formula is C23H25FN2O4. The van der Waals surface area contributed by atoms with Crippen molar-refractivity contribution in [3.05, 3.63) is 71.0 Å². The summed E-state index contributed by atoms with van der Waals surface area (Å²) in [5, 5.41) is 2.63. The molecule has 0 aliphatic carbocycles. The number of nitrogens with one attached hydrogen (secondary N) is 1. The van der Waals surface area contributed by atoms with E-state index in [1.165, 1.54) is 12.1 Å². The lowest BCUT2D eigenvalue weighted by atomic mass is 9.96. The molecule has 2 aromatic carbocycles. The summed E-state index contributed by atoms with van der Waals surface area (Å²) in [4.78, 5) is 38.6. The number of likely N-dealkylation sites (tertiary alicyclic amines) is 1. The van der Waals surface area contributed by atoms with E-state index >= 15 is 0 Å². The Kier molecular flexibility index (Phi) is 7.17. The van der Waals surface area contributed by atoms with Gasteiger partial charge in [-0.05, 0) is 49.1 Å². The fraction of sp³-hybridized carbons (Fsp3) is 0.348. The number of esters is 1. The summed E-state index contributed by atoms with van der Waals surface area (Å²) in [6.07, 6.45) is 1.02. The molecule has 1 saturated heterocycles. The highest BCUT2D eigenvalue weighted by Gasteiger charge is 2.29. The van der Waals surface area contributed by atoms with E-state index in [9.17, 15) is 18.8 Å². The van der Waals surface area contributed by atoms with Gasteiger partial charge in [-0.3, -0.25) is 14.4 Å². The van der Waals surface area contributed by atoms with Gasteiger partial charge in [0.05, 0.1) is 5.92 Å². The van der Waals surface area contributed by atoms with E-state index in [1.54, 1.807) is 17.0 Å². The van der Waals surface area contributed by atoms with Crippen LogP contribution in [0.4, 0.5) is 4.39 Å². The van der Waals surface area contributed by atoms with Crippen LogP contribution in [0.2, 0.25) is 0 Å². The summed E-state index contributed by atoms with van der Waals surface area (Å²) in [5.74, 6) is -1.53. The number of carbonyl (C=O) groups excluding carboxylic acids is 3. The van der Waals surface area contributed by atoms with Crippen LogP contribution in [-0.4, -0.2) is 42.4 Å². The molecule has 0 atom stereocenters. The van der Waals surface area contributed by atoms with Gasteiger partial charge in [-0.2, -0.15) is 0 Å². The van der Waals surface area contributed by atoms with Crippen LogP contribution in [-0.2, 0) is 20.9 Å². The van der Waals surface area contributed by atoms with Gasteiger partial charge >= 0.3 is 5.97 Å². The van der Waals surface area contributed by atoms with E-state index < -0.39 is 11.9 Å². The monoisotopic (exact) mass is 412 g/mol. The van der Waals surface area contributed by atoms with Crippen LogP contribution in [0.15, 0.2) is 48.5 Å². The van der Waals surface area contributed by atoms with Gasteiger partial charge in [-0.15, -0.1) is 0 Å². The maximum atomic E-state index is 12.9. The van der Waals surface area contributed by atoms with E-state index in [1.807, 2.05) is 31.2 Å². The number of carbonyl (C=O) groups is 3. The van der Waals surface area contributed by atoms with Crippen LogP contribution in [0.25, 0.3) is 0 Å². The summed E-state index contributed by atoms with van der Waals surface area (Å²) in [6.45, 7) is 2.73. The Morgan fingerprint density at radius 1 is 1.07 bits per heavy atom. The van der Waals surface area contributed by atoms with E-state index in [2.05, 4.69) is 5.32 Å². The number of aryl methyl sites for hydroxylation is 1. The summed E-state index contributed by atoms with van der Waals surface area (Å²) in [5.41, 5.74) is 2.36. The van der Waals surface area contributed by atoms with Gasteiger partial charge < -0.3 is 15.0 Å². The van der Waals surface area contributed by atoms with Crippen molar-refractivity contribution in [3.63, 3.8) is 0 Å². The standard InChI is InChI=1S/C23H25FN2O4/c1-16-4-2-3-5-20(16)22(28)26-12-10-18(11-13-26)23(29)30-15-21(27)25-14-17-6-8-19(24)9-7-17/h2-9,18H,10-15H2,1H3,(H,25,27). The lowest BCUT2D eigenvalue weighted by Crippen LogP contribution is -2.41. The number of halogens is 1. The van der Waals surface area contributed by atoms with Gasteiger partial charge in [0.25, 0.3) is 11.8 Å². The highest BCUT2D eigenvalue weighted by atomic mass is 19.1. The highest BCUT2D eigenvalue weighted by Crippen LogP contribution is 2.21. The fourth-order valence-corrected chi connectivity index (χ4v) is 3.41. The Morgan fingerprint density at radius 3 is 2.40 bits per heavy atom. The minimum Gasteiger partial charge on any atom is -0.455 e. The minimum atomic E-state index is -0.421. The number of ether oxygens (including phenoxy) is 1. The fourth-order valence-electron chi connectivity index (χ4n) is 3.41. The van der Waals surface area contributed by atoms with E-state index in [-0.39, 0.29) is 30.8 Å². The van der Waals surface area contributed by atoms with Crippen LogP contribution in [0.3, 0.4) is 0 Å². The Morgan fingerprint density at radius 2 is 1.73 bits per heavy atom. The van der Waals surface area contributed by atoms with Gasteiger partial charge in [0.15, 0.2) is 6.61 Å². The molecule has 1 aliphatic heterocycles. The average molecular weight is 412 g/mol. The molecule has 1 fully saturated rings. The second-order valence-corrected chi connectivity index (χ2v) is 7.39. The molecule has 2 amide bonds. The first kappa shape index (κ1) is 21.5. The number of rotatable bonds is 6. The molecule has 7 heteroatoms. The highest BCUT2D eigenvalue weighted by molar-refractivity contribution is 5.95. The molecule has 6 nitrogen and oxygen atoms in total. The summed E-state index contributed by atoms with van der Waals surface area (Å²) in [7, 11) is 0. The number of nitrogens with zero attached hydrogens (tertiary/aromatic N) is 1. The van der Waals surface area contributed by atoms with Crippen LogP contribution >= 0.6 is 0 Å². The Balaban J connectivity index is 1.39. The van der Waals surface area contributed by atoms with Crippen LogP contribution < -0.4 is 5.32 Å². The Bertz CT molecular complexity index is 906. The maximum Gasteiger partial charge on any atom is 0.309 e. The first-order chi connectivity index (χ1) is 14.4. The third-order valence-corrected chi connectivity index (χ3v) is 5.24. The lowest BCUT2D eigenvalue weighted by molar-refractivity contribution is -0.153. The Hall–Kier alpha value is -3.22. The molecule has 0 aromatic heterocycles. The smallest absolute Gasteiger partial charge is 0.309 e. The van der Waals surface area contributed by atoms with Gasteiger partial charge in [-0.1, -0.05) is 30.3 Å². The third kappa shape index (κ3) is 5.65. The summed E-state index contributed by atoms with van der Waals surface area (Å²) >= 11 is 0. The minimum absolute atomic E-state index is 0.0277. The number of hydrogen-bond acceptors (Lipinski definition) is 4. The predicted molar refractivity (Wildman–Crippen MR) is 109 cm³/mol. The summed E-state index contributed by atoms with van der Waals surface area (Å²) in [6, 6.07) is 13.2. The zero-order chi connectivity index (χ0) is 21.5. The molecular weight excluding hydrogens is 387 g/mol. The molecule has 0 unspecified atom stereocenters. The van der Waals surface area contributed by atoms with Crippen molar-refractivity contribution in [2.45, 2.75) is 26.3 Å². The van der Waals surface area contributed by atoms with Crippen molar-refractivity contribution >= 4 is 17.8 Å². The van der Waals surface area contributed by atoms with Crippen molar-refractivity contribution in [2.75, 3.05) is 19.7 Å². The van der Waals surface area contributed by atoms with Gasteiger partial charge in [0.2, 0.25) is 0 Å². The number of amides is 2. The molecule has 0 radical (unpaired) electrons. The first-order valence-corrected chi connectivity index (χ1v) is 9.96. The zero-order valence-electron chi connectivity index (χ0n) is 16.9. The Labute approximate surface area is 175 Å². The molecule has 158 valence electrons. The second kappa shape index (κ2) is 10.0. The van der Waals surface area contributed by atoms with E-state index in [0.29, 0.717) is 31.5 Å². The molecule has 0 saturated carbocycles. The van der Waals surface area contributed by atoms with E-state index in [0.717, 1.165) is 11.1 Å². The van der Waals surface area contributed by atoms with E-state index in [4.69, 9.17) is 4.74 Å². The van der Waals surface area contributed by atoms with Crippen molar-refractivity contribution in [1.82, 2.24) is 10.2 Å². The molecule has 0 bridgehead atoms. The number of benzene rings is 2. The van der Waals surface area contributed by atoms with Crippen molar-refractivity contribution in [3.8, 4) is 0 Å². The van der Waals surface area contributed by atoms with Crippen LogP contribution in [0.5, 0.6) is 0 Å². The maximum absolute atomic E-state index is 12.9. The third-order valence-electron chi connectivity index (χ3n) is 5.24. The van der Waals surface area contributed by atoms with Crippen molar-refractivity contribution in [2.24, 2.45) is 5.92 Å².